The fourth-order valence-electron chi connectivity index (χ4n) is 1.61. The summed E-state index contributed by atoms with van der Waals surface area (Å²) >= 11 is 0. The van der Waals surface area contributed by atoms with E-state index in [1.807, 2.05) is 0 Å². The van der Waals surface area contributed by atoms with Crippen molar-refractivity contribution in [1.29, 1.82) is 0 Å². The summed E-state index contributed by atoms with van der Waals surface area (Å²) in [5, 5.41) is 9.21. The van der Waals surface area contributed by atoms with E-state index >= 15 is 0 Å². The number of aliphatic hydroxyl groups excluding tert-OH is 1. The number of hydrogen-bond donors (Lipinski definition) is 1. The second-order valence-corrected chi connectivity index (χ2v) is 3.08. The van der Waals surface area contributed by atoms with Gasteiger partial charge < -0.3 is 5.11 Å². The Morgan fingerprint density at radius 3 is 2.50 bits per heavy atom. The van der Waals surface area contributed by atoms with E-state index in [-0.39, 0.29) is 18.3 Å². The highest BCUT2D eigenvalue weighted by Crippen LogP contribution is 2.35. The largest absolute Gasteiger partial charge is 0.393 e. The van der Waals surface area contributed by atoms with Gasteiger partial charge in [-0.3, -0.25) is 0 Å². The number of halogens is 1. The normalized spacial score (nSPS) is 47.9. The standard InChI is InChI=1S/C7H12BFO/c1-4-5(3-8)7(10)2-6(4)9/h4-7,10H,2-3H2,1H3. The van der Waals surface area contributed by atoms with Gasteiger partial charge in [-0.1, -0.05) is 13.2 Å². The molecule has 1 aliphatic rings. The minimum atomic E-state index is -0.858. The van der Waals surface area contributed by atoms with Crippen LogP contribution in [0.15, 0.2) is 0 Å². The lowest BCUT2D eigenvalue weighted by molar-refractivity contribution is 0.130. The first kappa shape index (κ1) is 8.06. The molecule has 1 fully saturated rings. The van der Waals surface area contributed by atoms with E-state index in [2.05, 4.69) is 0 Å². The molecular weight excluding hydrogens is 130 g/mol. The molecule has 0 aromatic rings. The minimum Gasteiger partial charge on any atom is -0.393 e. The molecule has 0 aromatic heterocycles. The van der Waals surface area contributed by atoms with Crippen molar-refractivity contribution >= 4 is 7.85 Å². The van der Waals surface area contributed by atoms with Crippen molar-refractivity contribution in [1.82, 2.24) is 0 Å². The average Bonchev–Trinajstić information content (AvgIpc) is 2.09. The number of hydrogen-bond acceptors (Lipinski definition) is 1. The molecule has 0 aliphatic heterocycles. The number of alkyl halides is 1. The quantitative estimate of drug-likeness (QED) is 0.540. The van der Waals surface area contributed by atoms with Crippen LogP contribution in [0.5, 0.6) is 0 Å². The summed E-state index contributed by atoms with van der Waals surface area (Å²) in [5.74, 6) is -0.102. The SMILES string of the molecule is [B]CC1C(O)CC(F)C1C. The minimum absolute atomic E-state index is 0.0324. The van der Waals surface area contributed by atoms with Crippen molar-refractivity contribution < 1.29 is 9.50 Å². The summed E-state index contributed by atoms with van der Waals surface area (Å²) in [6.07, 6.45) is -0.718. The van der Waals surface area contributed by atoms with Crippen LogP contribution in [0, 0.1) is 11.8 Å². The lowest BCUT2D eigenvalue weighted by Gasteiger charge is -2.16. The first-order valence-electron chi connectivity index (χ1n) is 3.69. The van der Waals surface area contributed by atoms with Gasteiger partial charge in [0.05, 0.1) is 14.0 Å². The molecule has 4 unspecified atom stereocenters. The molecule has 1 nitrogen and oxygen atoms in total. The lowest BCUT2D eigenvalue weighted by Crippen LogP contribution is -2.17. The fourth-order valence-corrected chi connectivity index (χ4v) is 1.61. The third kappa shape index (κ3) is 1.19. The van der Waals surface area contributed by atoms with E-state index in [1.165, 1.54) is 0 Å². The van der Waals surface area contributed by atoms with Gasteiger partial charge in [0.25, 0.3) is 0 Å². The van der Waals surface area contributed by atoms with Crippen molar-refractivity contribution in [2.24, 2.45) is 11.8 Å². The Bertz CT molecular complexity index is 120. The van der Waals surface area contributed by atoms with Crippen LogP contribution in [-0.2, 0) is 0 Å². The van der Waals surface area contributed by atoms with Gasteiger partial charge in [0, 0.05) is 6.42 Å². The van der Waals surface area contributed by atoms with Gasteiger partial charge in [-0.15, -0.1) is 0 Å². The van der Waals surface area contributed by atoms with Crippen LogP contribution < -0.4 is 0 Å². The zero-order chi connectivity index (χ0) is 7.72. The van der Waals surface area contributed by atoms with E-state index in [1.54, 1.807) is 6.92 Å². The topological polar surface area (TPSA) is 20.2 Å². The molecule has 0 bridgehead atoms. The summed E-state index contributed by atoms with van der Waals surface area (Å²) in [5.41, 5.74) is 0. The third-order valence-corrected chi connectivity index (χ3v) is 2.48. The van der Waals surface area contributed by atoms with Crippen LogP contribution >= 0.6 is 0 Å². The molecule has 56 valence electrons. The van der Waals surface area contributed by atoms with Crippen molar-refractivity contribution in [2.75, 3.05) is 0 Å². The van der Waals surface area contributed by atoms with Gasteiger partial charge in [-0.2, -0.15) is 0 Å². The monoisotopic (exact) mass is 142 g/mol. The molecular formula is C7H12BFO. The van der Waals surface area contributed by atoms with E-state index in [0.29, 0.717) is 6.32 Å². The summed E-state index contributed by atoms with van der Waals surface area (Å²) in [7, 11) is 5.35. The van der Waals surface area contributed by atoms with Gasteiger partial charge in [-0.05, 0) is 11.8 Å². The molecule has 1 aliphatic carbocycles. The van der Waals surface area contributed by atoms with Crippen LogP contribution in [0.2, 0.25) is 6.32 Å². The fraction of sp³-hybridized carbons (Fsp3) is 1.00. The molecule has 4 atom stereocenters. The second kappa shape index (κ2) is 2.91. The molecule has 1 saturated carbocycles. The zero-order valence-electron chi connectivity index (χ0n) is 6.13. The molecule has 3 heteroatoms. The molecule has 0 aromatic carbocycles. The van der Waals surface area contributed by atoms with Crippen LogP contribution in [0.3, 0.4) is 0 Å². The highest BCUT2D eigenvalue weighted by Gasteiger charge is 2.38. The van der Waals surface area contributed by atoms with Crippen LogP contribution in [0.4, 0.5) is 4.39 Å². The maximum Gasteiger partial charge on any atom is 0.105 e. The highest BCUT2D eigenvalue weighted by molar-refractivity contribution is 6.08. The van der Waals surface area contributed by atoms with Crippen LogP contribution in [-0.4, -0.2) is 25.2 Å². The molecule has 1 N–H and O–H groups in total. The summed E-state index contributed by atoms with van der Waals surface area (Å²) < 4.78 is 12.8. The Hall–Kier alpha value is -0.0451. The maximum atomic E-state index is 12.8. The zero-order valence-corrected chi connectivity index (χ0v) is 6.13. The van der Waals surface area contributed by atoms with Gasteiger partial charge in [-0.25, -0.2) is 4.39 Å². The van der Waals surface area contributed by atoms with Crippen molar-refractivity contribution in [3.63, 3.8) is 0 Å². The maximum absolute atomic E-state index is 12.8. The molecule has 0 saturated heterocycles. The second-order valence-electron chi connectivity index (χ2n) is 3.08. The first-order valence-corrected chi connectivity index (χ1v) is 3.69. The molecule has 0 amide bonds. The predicted molar refractivity (Wildman–Crippen MR) is 38.7 cm³/mol. The molecule has 2 radical (unpaired) electrons. The van der Waals surface area contributed by atoms with Crippen LogP contribution in [0.1, 0.15) is 13.3 Å². The van der Waals surface area contributed by atoms with Gasteiger partial charge >= 0.3 is 0 Å². The van der Waals surface area contributed by atoms with Crippen molar-refractivity contribution in [2.45, 2.75) is 31.9 Å². The number of rotatable bonds is 1. The van der Waals surface area contributed by atoms with Crippen LogP contribution in [0.25, 0.3) is 0 Å². The van der Waals surface area contributed by atoms with Gasteiger partial charge in [0.15, 0.2) is 0 Å². The molecule has 0 spiro atoms. The predicted octanol–water partition coefficient (Wildman–Crippen LogP) is 0.928. The third-order valence-electron chi connectivity index (χ3n) is 2.48. The molecule has 10 heavy (non-hydrogen) atoms. The Morgan fingerprint density at radius 1 is 1.70 bits per heavy atom. The van der Waals surface area contributed by atoms with E-state index in [4.69, 9.17) is 7.85 Å². The van der Waals surface area contributed by atoms with E-state index in [9.17, 15) is 9.50 Å². The highest BCUT2D eigenvalue weighted by atomic mass is 19.1. The van der Waals surface area contributed by atoms with Crippen molar-refractivity contribution in [3.05, 3.63) is 0 Å². The summed E-state index contributed by atoms with van der Waals surface area (Å²) in [4.78, 5) is 0. The molecule has 0 heterocycles. The summed E-state index contributed by atoms with van der Waals surface area (Å²) in [6, 6.07) is 0. The molecule has 1 rings (SSSR count). The van der Waals surface area contributed by atoms with Crippen molar-refractivity contribution in [3.8, 4) is 0 Å². The average molecular weight is 142 g/mol. The Labute approximate surface area is 62.0 Å². The number of aliphatic hydroxyl groups is 1. The lowest BCUT2D eigenvalue weighted by atomic mass is 9.83. The van der Waals surface area contributed by atoms with Gasteiger partial charge in [0.2, 0.25) is 0 Å². The Kier molecular flexibility index (Phi) is 2.34. The van der Waals surface area contributed by atoms with Gasteiger partial charge in [0.1, 0.15) is 6.17 Å². The van der Waals surface area contributed by atoms with E-state index < -0.39 is 12.3 Å². The Morgan fingerprint density at radius 2 is 2.30 bits per heavy atom. The first-order chi connectivity index (χ1) is 4.66. The van der Waals surface area contributed by atoms with E-state index in [0.717, 1.165) is 0 Å². The smallest absolute Gasteiger partial charge is 0.105 e. The summed E-state index contributed by atoms with van der Waals surface area (Å²) in [6.45, 7) is 1.80. The Balaban J connectivity index is 2.55.